The molecule has 5 heteroatoms. The Morgan fingerprint density at radius 1 is 1.12 bits per heavy atom. The molecule has 17 heavy (non-hydrogen) atoms. The Kier molecular flexibility index (Phi) is 2.23. The first-order chi connectivity index (χ1) is 8.24. The largest absolute Gasteiger partial charge is 0.338 e. The second kappa shape index (κ2) is 3.75. The average Bonchev–Trinajstić information content (AvgIpc) is 2.46. The molecule has 1 aliphatic rings. The van der Waals surface area contributed by atoms with E-state index >= 15 is 0 Å². The van der Waals surface area contributed by atoms with E-state index in [2.05, 4.69) is 15.6 Å². The monoisotopic (exact) mass is 245 g/mol. The van der Waals surface area contributed by atoms with Gasteiger partial charge < -0.3 is 10.6 Å². The molecule has 1 aliphatic heterocycles. The molecule has 0 unspecified atom stereocenters. The Morgan fingerprint density at radius 2 is 2.00 bits per heavy atom. The van der Waals surface area contributed by atoms with Gasteiger partial charge in [-0.1, -0.05) is 11.6 Å². The van der Waals surface area contributed by atoms with Crippen LogP contribution in [0.1, 0.15) is 10.4 Å². The van der Waals surface area contributed by atoms with Gasteiger partial charge in [0.15, 0.2) is 5.82 Å². The lowest BCUT2D eigenvalue weighted by Crippen LogP contribution is -2.10. The van der Waals surface area contributed by atoms with Crippen molar-refractivity contribution >= 4 is 34.7 Å². The van der Waals surface area contributed by atoms with Gasteiger partial charge in [0.1, 0.15) is 0 Å². The molecule has 1 amide bonds. The van der Waals surface area contributed by atoms with E-state index in [-0.39, 0.29) is 5.91 Å². The van der Waals surface area contributed by atoms with Crippen LogP contribution < -0.4 is 10.6 Å². The van der Waals surface area contributed by atoms with Gasteiger partial charge in [-0.15, -0.1) is 0 Å². The summed E-state index contributed by atoms with van der Waals surface area (Å²) in [6.45, 7) is 0. The zero-order chi connectivity index (χ0) is 11.8. The fraction of sp³-hybridized carbons (Fsp3) is 0. The number of hydrogen-bond donors (Lipinski definition) is 2. The first-order valence-electron chi connectivity index (χ1n) is 5.07. The summed E-state index contributed by atoms with van der Waals surface area (Å²) >= 11 is 5.88. The number of carbonyl (C=O) groups is 1. The van der Waals surface area contributed by atoms with Gasteiger partial charge in [-0.2, -0.15) is 0 Å². The number of hydrogen-bond acceptors (Lipinski definition) is 3. The molecule has 2 N–H and O–H groups in total. The van der Waals surface area contributed by atoms with Crippen molar-refractivity contribution in [3.05, 3.63) is 47.1 Å². The highest BCUT2D eigenvalue weighted by Crippen LogP contribution is 2.31. The van der Waals surface area contributed by atoms with Crippen LogP contribution in [0.25, 0.3) is 0 Å². The van der Waals surface area contributed by atoms with Gasteiger partial charge in [0.25, 0.3) is 5.91 Å². The first kappa shape index (κ1) is 10.1. The minimum absolute atomic E-state index is 0.193. The van der Waals surface area contributed by atoms with Gasteiger partial charge in [-0.3, -0.25) is 4.79 Å². The van der Waals surface area contributed by atoms with Crippen LogP contribution in [0.4, 0.5) is 17.2 Å². The quantitative estimate of drug-likeness (QED) is 0.750. The molecule has 3 rings (SSSR count). The molecule has 1 aromatic carbocycles. The molecule has 0 fully saturated rings. The third-order valence-electron chi connectivity index (χ3n) is 2.54. The molecule has 0 radical (unpaired) electrons. The van der Waals surface area contributed by atoms with Crippen LogP contribution in [0.15, 0.2) is 36.5 Å². The summed E-state index contributed by atoms with van der Waals surface area (Å²) in [5, 5.41) is 6.42. The number of benzene rings is 1. The van der Waals surface area contributed by atoms with Gasteiger partial charge in [0, 0.05) is 11.2 Å². The van der Waals surface area contributed by atoms with Crippen LogP contribution in [0.5, 0.6) is 0 Å². The summed E-state index contributed by atoms with van der Waals surface area (Å²) in [6.07, 6.45) is 1.67. The van der Waals surface area contributed by atoms with Crippen molar-refractivity contribution in [2.75, 3.05) is 10.6 Å². The summed E-state index contributed by atoms with van der Waals surface area (Å²) in [5.74, 6) is 0.434. The van der Waals surface area contributed by atoms with E-state index < -0.39 is 0 Å². The maximum absolute atomic E-state index is 12.0. The van der Waals surface area contributed by atoms with Crippen molar-refractivity contribution in [3.8, 4) is 0 Å². The third kappa shape index (κ3) is 1.72. The van der Waals surface area contributed by atoms with Crippen LogP contribution in [-0.2, 0) is 0 Å². The second-order valence-electron chi connectivity index (χ2n) is 3.67. The summed E-state index contributed by atoms with van der Waals surface area (Å²) in [5.41, 5.74) is 1.87. The molecule has 2 heterocycles. The molecule has 0 bridgehead atoms. The smallest absolute Gasteiger partial charge is 0.257 e. The van der Waals surface area contributed by atoms with Gasteiger partial charge in [0.2, 0.25) is 0 Å². The fourth-order valence-corrected chi connectivity index (χ4v) is 1.91. The van der Waals surface area contributed by atoms with Gasteiger partial charge in [-0.05, 0) is 30.3 Å². The van der Waals surface area contributed by atoms with Crippen LogP contribution in [0.3, 0.4) is 0 Å². The van der Waals surface area contributed by atoms with Gasteiger partial charge in [0.05, 0.1) is 16.9 Å². The first-order valence-corrected chi connectivity index (χ1v) is 5.45. The summed E-state index contributed by atoms with van der Waals surface area (Å²) < 4.78 is 0. The Labute approximate surface area is 103 Å². The molecule has 84 valence electrons. The highest BCUT2D eigenvalue weighted by Gasteiger charge is 2.19. The number of anilines is 3. The maximum Gasteiger partial charge on any atom is 0.257 e. The number of nitrogens with one attached hydrogen (secondary N) is 2. The summed E-state index contributed by atoms with van der Waals surface area (Å²) in [7, 11) is 0. The lowest BCUT2D eigenvalue weighted by molar-refractivity contribution is 0.102. The molecule has 0 spiro atoms. The van der Waals surface area contributed by atoms with E-state index in [0.717, 1.165) is 0 Å². The highest BCUT2D eigenvalue weighted by atomic mass is 35.5. The molecule has 0 saturated heterocycles. The predicted molar refractivity (Wildman–Crippen MR) is 66.9 cm³/mol. The molecule has 0 saturated carbocycles. The Hall–Kier alpha value is -2.07. The van der Waals surface area contributed by atoms with E-state index in [1.807, 2.05) is 0 Å². The van der Waals surface area contributed by atoms with Crippen LogP contribution in [0.2, 0.25) is 5.02 Å². The number of carbonyl (C=O) groups excluding carboxylic acids is 1. The Morgan fingerprint density at radius 3 is 2.88 bits per heavy atom. The molecular formula is C12H8ClN3O. The number of aromatic nitrogens is 1. The highest BCUT2D eigenvalue weighted by molar-refractivity contribution is 6.31. The fourth-order valence-electron chi connectivity index (χ4n) is 1.74. The van der Waals surface area contributed by atoms with E-state index in [9.17, 15) is 4.79 Å². The number of rotatable bonds is 0. The van der Waals surface area contributed by atoms with Crippen LogP contribution in [0, 0.1) is 0 Å². The zero-order valence-corrected chi connectivity index (χ0v) is 9.45. The van der Waals surface area contributed by atoms with Gasteiger partial charge in [-0.25, -0.2) is 4.98 Å². The van der Waals surface area contributed by atoms with E-state index in [4.69, 9.17) is 11.6 Å². The number of pyridine rings is 1. The lowest BCUT2D eigenvalue weighted by atomic mass is 10.1. The minimum Gasteiger partial charge on any atom is -0.338 e. The van der Waals surface area contributed by atoms with Crippen molar-refractivity contribution in [3.63, 3.8) is 0 Å². The summed E-state index contributed by atoms with van der Waals surface area (Å²) in [6, 6.07) is 8.69. The summed E-state index contributed by atoms with van der Waals surface area (Å²) in [4.78, 5) is 16.2. The van der Waals surface area contributed by atoms with E-state index in [0.29, 0.717) is 27.8 Å². The third-order valence-corrected chi connectivity index (χ3v) is 2.77. The lowest BCUT2D eigenvalue weighted by Gasteiger charge is -2.06. The Balaban J connectivity index is 2.17. The van der Waals surface area contributed by atoms with E-state index in [1.165, 1.54) is 0 Å². The molecule has 0 aliphatic carbocycles. The number of nitrogens with zero attached hydrogens (tertiary/aromatic N) is 1. The second-order valence-corrected chi connectivity index (χ2v) is 4.11. The molecule has 1 aromatic heterocycles. The number of fused-ring (bicyclic) bond motifs is 2. The van der Waals surface area contributed by atoms with Crippen molar-refractivity contribution in [2.24, 2.45) is 0 Å². The van der Waals surface area contributed by atoms with E-state index in [1.54, 1.807) is 36.5 Å². The molecule has 4 nitrogen and oxygen atoms in total. The van der Waals surface area contributed by atoms with Crippen molar-refractivity contribution in [1.29, 1.82) is 0 Å². The van der Waals surface area contributed by atoms with Crippen LogP contribution >= 0.6 is 11.6 Å². The molecule has 0 atom stereocenters. The minimum atomic E-state index is -0.193. The van der Waals surface area contributed by atoms with Crippen molar-refractivity contribution in [2.45, 2.75) is 0 Å². The standard InChI is InChI=1S/C12H8ClN3O/c13-7-3-4-9-8(6-7)12(17)16-10-2-1-5-14-11(10)15-9/h1-6H,(H,14,15)(H,16,17). The van der Waals surface area contributed by atoms with Crippen molar-refractivity contribution in [1.82, 2.24) is 4.98 Å². The molecular weight excluding hydrogens is 238 g/mol. The number of halogens is 1. The SMILES string of the molecule is O=C1Nc2cccnc2Nc2ccc(Cl)cc21. The topological polar surface area (TPSA) is 54.0 Å². The van der Waals surface area contributed by atoms with Crippen molar-refractivity contribution < 1.29 is 4.79 Å². The molecule has 2 aromatic rings. The predicted octanol–water partition coefficient (Wildman–Crippen LogP) is 3.04. The zero-order valence-electron chi connectivity index (χ0n) is 8.70. The van der Waals surface area contributed by atoms with Crippen LogP contribution in [-0.4, -0.2) is 10.9 Å². The Bertz CT molecular complexity index is 612. The normalized spacial score (nSPS) is 12.9. The maximum atomic E-state index is 12.0. The van der Waals surface area contributed by atoms with Gasteiger partial charge >= 0.3 is 0 Å². The number of amides is 1. The average molecular weight is 246 g/mol.